The number of hydrogen-bond acceptors (Lipinski definition) is 15. The first-order chi connectivity index (χ1) is 22.9. The fourth-order valence-electron chi connectivity index (χ4n) is 6.53. The quantitative estimate of drug-likeness (QED) is 0.168. The average Bonchev–Trinajstić information content (AvgIpc) is 3.89. The van der Waals surface area contributed by atoms with Crippen molar-refractivity contribution in [3.8, 4) is 0 Å². The van der Waals surface area contributed by atoms with Crippen molar-refractivity contribution < 1.29 is 78.7 Å². The molecule has 0 amide bonds. The van der Waals surface area contributed by atoms with Gasteiger partial charge in [0.1, 0.15) is 48.2 Å². The van der Waals surface area contributed by atoms with Gasteiger partial charge >= 0.3 is 0 Å². The molecule has 0 spiro atoms. The zero-order valence-electron chi connectivity index (χ0n) is 28.7. The minimum Gasteiger partial charge on any atom is -0.394 e. The van der Waals surface area contributed by atoms with Gasteiger partial charge in [-0.2, -0.15) is 0 Å². The van der Waals surface area contributed by atoms with E-state index in [1.165, 1.54) is 23.5 Å². The van der Waals surface area contributed by atoms with Gasteiger partial charge in [0.25, 0.3) is 0 Å². The van der Waals surface area contributed by atoms with Crippen molar-refractivity contribution in [2.24, 2.45) is 23.7 Å². The number of aromatic nitrogens is 8. The van der Waals surface area contributed by atoms with Gasteiger partial charge in [0.15, 0.2) is 35.4 Å². The van der Waals surface area contributed by atoms with Gasteiger partial charge in [0.05, 0.1) is 31.5 Å². The van der Waals surface area contributed by atoms with Gasteiger partial charge in [-0.15, -0.1) is 0 Å². The summed E-state index contributed by atoms with van der Waals surface area (Å²) in [4.78, 5) is 24.4. The molecule has 17 nitrogen and oxygen atoms in total. The third-order valence-corrected chi connectivity index (χ3v) is 10.0. The Kier molecular flexibility index (Phi) is 15.3. The van der Waals surface area contributed by atoms with Gasteiger partial charge in [-0.25, -0.2) is 29.9 Å². The maximum absolute atomic E-state index is 9.95. The fraction of sp³-hybridized carbons (Fsp3) is 0.688. The molecule has 0 bridgehead atoms. The summed E-state index contributed by atoms with van der Waals surface area (Å²) < 4.78 is 20.3. The second kappa shape index (κ2) is 18.1. The molecule has 3 saturated heterocycles. The third kappa shape index (κ3) is 8.24. The summed E-state index contributed by atoms with van der Waals surface area (Å²) in [5.74, 6) is 2.36. The van der Waals surface area contributed by atoms with Crippen LogP contribution in [-0.4, -0.2) is 103 Å². The number of rotatable bonds is 5. The summed E-state index contributed by atoms with van der Waals surface area (Å²) in [5, 5.41) is 38.0. The molecule has 7 rings (SSSR count). The predicted octanol–water partition coefficient (Wildman–Crippen LogP) is 2.03. The molecule has 12 atom stereocenters. The molecule has 275 valence electrons. The standard InChI is InChI=1S/C13H19N5O.C10H13N5O4.C8H16O2.CH4.Ac/c1-4-9-7(2)8(3)13(19-9)18-6-17-10-11(14)15-5-16-12(10)18;11-8-5-9(13-2-12-8)15(3-14-5)10-7(18)6(17)4(1-16)19-10;1-4-7-5(2)6(3)8(9)10-7;;/h5-9,13H,4H2,1-3H3,(H2,14,15,16);2-4,6-7,10,16-18H,1H2,(H2,11,12,13);5-9H,4H2,1-3H3;1H4;/t7?,8?,9-,13-;4-,6?,7?,10-;5?,6?,7-,8-;;/m000../s1. The molecule has 8 N–H and O–H groups in total. The van der Waals surface area contributed by atoms with Crippen LogP contribution in [0.4, 0.5) is 11.6 Å². The van der Waals surface area contributed by atoms with E-state index in [-0.39, 0.29) is 75.7 Å². The van der Waals surface area contributed by atoms with Crippen LogP contribution in [0.5, 0.6) is 0 Å². The second-order valence-electron chi connectivity index (χ2n) is 12.8. The number of anilines is 2. The van der Waals surface area contributed by atoms with Crippen molar-refractivity contribution >= 4 is 34.0 Å². The molecule has 3 fully saturated rings. The Morgan fingerprint density at radius 1 is 0.640 bits per heavy atom. The van der Waals surface area contributed by atoms with Crippen LogP contribution in [0.25, 0.3) is 22.3 Å². The zero-order chi connectivity index (χ0) is 34.9. The summed E-state index contributed by atoms with van der Waals surface area (Å²) in [6.45, 7) is 12.5. The number of aliphatic hydroxyl groups is 4. The molecule has 4 aromatic heterocycles. The minimum atomic E-state index is -1.19. The van der Waals surface area contributed by atoms with Gasteiger partial charge in [0, 0.05) is 55.9 Å². The van der Waals surface area contributed by atoms with E-state index in [1.54, 1.807) is 6.33 Å². The van der Waals surface area contributed by atoms with E-state index in [2.05, 4.69) is 64.5 Å². The summed E-state index contributed by atoms with van der Waals surface area (Å²) >= 11 is 0. The summed E-state index contributed by atoms with van der Waals surface area (Å²) in [6, 6.07) is 0. The molecular formula is C32H52AcN10O7. The predicted molar refractivity (Wildman–Crippen MR) is 181 cm³/mol. The van der Waals surface area contributed by atoms with Crippen LogP contribution in [0.3, 0.4) is 0 Å². The zero-order valence-corrected chi connectivity index (χ0v) is 33.4. The van der Waals surface area contributed by atoms with Crippen LogP contribution in [-0.2, 0) is 14.2 Å². The number of ether oxygens (including phenoxy) is 3. The van der Waals surface area contributed by atoms with Gasteiger partial charge in [-0.3, -0.25) is 9.13 Å². The first kappa shape index (κ1) is 42.3. The van der Waals surface area contributed by atoms with Crippen LogP contribution in [0.2, 0.25) is 0 Å². The topological polar surface area (TPSA) is 248 Å². The molecule has 0 aromatic carbocycles. The summed E-state index contributed by atoms with van der Waals surface area (Å²) in [6.07, 6.45) is 3.82. The Hall–Kier alpha value is -2.14. The molecule has 1 radical (unpaired) electrons. The van der Waals surface area contributed by atoms with Gasteiger partial charge in [0.2, 0.25) is 0 Å². The largest absolute Gasteiger partial charge is 0.394 e. The number of aliphatic hydroxyl groups excluding tert-OH is 4. The molecule has 18 heteroatoms. The van der Waals surface area contributed by atoms with E-state index < -0.39 is 37.4 Å². The normalized spacial score (nSPS) is 33.2. The Morgan fingerprint density at radius 3 is 1.50 bits per heavy atom. The maximum Gasteiger partial charge on any atom is 0.167 e. The molecule has 6 unspecified atom stereocenters. The smallest absolute Gasteiger partial charge is 0.167 e. The molecule has 0 saturated carbocycles. The molecule has 4 aromatic rings. The van der Waals surface area contributed by atoms with Crippen LogP contribution >= 0.6 is 0 Å². The van der Waals surface area contributed by atoms with Crippen LogP contribution in [0, 0.1) is 67.7 Å². The Morgan fingerprint density at radius 2 is 1.10 bits per heavy atom. The SMILES string of the molecule is C.CC[C@@H]1O[C@H](O)C(C)C1C.CC[C@@H]1O[C@H](n2cnc3c(N)ncnc32)C(C)C1C.Nc1ncnc2c1ncn2[C@H]1O[C@@H](CO)C(O)C1O.[Ac]. The van der Waals surface area contributed by atoms with E-state index >= 15 is 0 Å². The molecule has 7 heterocycles. The summed E-state index contributed by atoms with van der Waals surface area (Å²) in [7, 11) is 0. The molecule has 3 aliphatic heterocycles. The Bertz CT molecular complexity index is 1560. The molecule has 0 aliphatic carbocycles. The number of nitrogen functional groups attached to an aromatic ring is 2. The van der Waals surface area contributed by atoms with Crippen molar-refractivity contribution in [2.45, 2.75) is 111 Å². The number of imidazole rings is 2. The first-order valence-corrected chi connectivity index (χ1v) is 16.4. The monoisotopic (exact) mass is 915 g/mol. The van der Waals surface area contributed by atoms with Gasteiger partial charge in [-0.1, -0.05) is 49.0 Å². The van der Waals surface area contributed by atoms with Crippen molar-refractivity contribution in [3.05, 3.63) is 25.3 Å². The van der Waals surface area contributed by atoms with E-state index in [0.717, 1.165) is 18.5 Å². The number of nitrogens with zero attached hydrogens (tertiary/aromatic N) is 8. The second-order valence-corrected chi connectivity index (χ2v) is 12.8. The van der Waals surface area contributed by atoms with Crippen LogP contribution < -0.4 is 11.5 Å². The van der Waals surface area contributed by atoms with Crippen molar-refractivity contribution in [1.29, 1.82) is 0 Å². The van der Waals surface area contributed by atoms with E-state index in [0.29, 0.717) is 46.2 Å². The maximum atomic E-state index is 9.95. The number of nitrogens with two attached hydrogens (primary N) is 2. The Balaban J connectivity index is 0.000000209. The third-order valence-electron chi connectivity index (χ3n) is 10.0. The fourth-order valence-corrected chi connectivity index (χ4v) is 6.53. The Labute approximate surface area is 327 Å². The number of fused-ring (bicyclic) bond motifs is 2. The molecule has 50 heavy (non-hydrogen) atoms. The first-order valence-electron chi connectivity index (χ1n) is 16.4. The van der Waals surface area contributed by atoms with Crippen molar-refractivity contribution in [2.75, 3.05) is 18.1 Å². The van der Waals surface area contributed by atoms with Crippen LogP contribution in [0.1, 0.15) is 74.3 Å². The van der Waals surface area contributed by atoms with Gasteiger partial charge < -0.3 is 46.1 Å². The molecular weight excluding hydrogens is 863 g/mol. The van der Waals surface area contributed by atoms with E-state index in [4.69, 9.17) is 30.8 Å². The minimum absolute atomic E-state index is 0. The number of hydrogen-bond donors (Lipinski definition) is 6. The molecule has 3 aliphatic rings. The van der Waals surface area contributed by atoms with Crippen molar-refractivity contribution in [3.63, 3.8) is 0 Å². The summed E-state index contributed by atoms with van der Waals surface area (Å²) in [5.41, 5.74) is 13.6. The van der Waals surface area contributed by atoms with Crippen LogP contribution in [0.15, 0.2) is 25.3 Å². The van der Waals surface area contributed by atoms with E-state index in [9.17, 15) is 15.3 Å². The van der Waals surface area contributed by atoms with Crippen molar-refractivity contribution in [1.82, 2.24) is 39.0 Å². The van der Waals surface area contributed by atoms with E-state index in [1.807, 2.05) is 11.5 Å². The van der Waals surface area contributed by atoms with Gasteiger partial charge in [-0.05, 0) is 24.7 Å². The average molecular weight is 916 g/mol.